The van der Waals surface area contributed by atoms with E-state index in [4.69, 9.17) is 8.98 Å². The van der Waals surface area contributed by atoms with Crippen LogP contribution in [-0.4, -0.2) is 51.4 Å². The molecule has 134 valence electrons. The molecular weight excluding hydrogens is 347 g/mol. The van der Waals surface area contributed by atoms with Crippen molar-refractivity contribution < 1.29 is 17.4 Å². The molecule has 0 saturated carbocycles. The van der Waals surface area contributed by atoms with Gasteiger partial charge in [-0.05, 0) is 17.9 Å². The maximum atomic E-state index is 12.4. The third-order valence-corrected chi connectivity index (χ3v) is 5.13. The third kappa shape index (κ3) is 8.01. The molecule has 4 nitrogen and oxygen atoms in total. The Morgan fingerprint density at radius 3 is 2.20 bits per heavy atom. The van der Waals surface area contributed by atoms with Gasteiger partial charge >= 0.3 is 29.6 Å². The summed E-state index contributed by atoms with van der Waals surface area (Å²) in [5.41, 5.74) is 0. The molecule has 2 rings (SSSR count). The number of benzene rings is 2. The van der Waals surface area contributed by atoms with Gasteiger partial charge in [0.1, 0.15) is 11.7 Å². The van der Waals surface area contributed by atoms with Crippen molar-refractivity contribution in [3.63, 3.8) is 0 Å². The summed E-state index contributed by atoms with van der Waals surface area (Å²) in [6.45, 7) is 4.44. The fraction of sp³-hybridized carbons (Fsp3) is 0.421. The van der Waals surface area contributed by atoms with Crippen molar-refractivity contribution in [1.29, 1.82) is 0 Å². The van der Waals surface area contributed by atoms with E-state index in [0.29, 0.717) is 5.39 Å². The van der Waals surface area contributed by atoms with Gasteiger partial charge in [0.15, 0.2) is 0 Å². The Hall–Kier alpha value is -0.720. The summed E-state index contributed by atoms with van der Waals surface area (Å²) in [5, 5.41) is 1.62. The minimum atomic E-state index is -3.68. The minimum absolute atomic E-state index is 0. The zero-order valence-corrected chi connectivity index (χ0v) is 15.1. The first-order valence-electron chi connectivity index (χ1n) is 8.31. The summed E-state index contributed by atoms with van der Waals surface area (Å²) >= 11 is 0. The van der Waals surface area contributed by atoms with Crippen LogP contribution in [0.4, 0.5) is 0 Å². The van der Waals surface area contributed by atoms with Gasteiger partial charge in [-0.3, -0.25) is 4.18 Å². The summed E-state index contributed by atoms with van der Waals surface area (Å²) < 4.78 is 29.9. The second kappa shape index (κ2) is 13.5. The Morgan fingerprint density at radius 1 is 0.880 bits per heavy atom. The average molecular weight is 374 g/mol. The van der Waals surface area contributed by atoms with Crippen LogP contribution in [0.15, 0.2) is 47.4 Å². The Kier molecular flexibility index (Phi) is 13.1. The maximum absolute atomic E-state index is 12.4. The normalized spacial score (nSPS) is 10.6. The Labute approximate surface area is 173 Å². The van der Waals surface area contributed by atoms with Crippen LogP contribution in [0.3, 0.4) is 0 Å². The SMILES string of the molecule is C=O.CCCCCCCCOS(=O)(=O)c1cccc2ccccc12.[NaH]. The summed E-state index contributed by atoms with van der Waals surface area (Å²) in [6.07, 6.45) is 6.62. The van der Waals surface area contributed by atoms with Gasteiger partial charge in [0.05, 0.1) is 6.61 Å². The van der Waals surface area contributed by atoms with E-state index in [2.05, 4.69) is 6.92 Å². The molecule has 0 aliphatic rings. The van der Waals surface area contributed by atoms with Gasteiger partial charge in [-0.2, -0.15) is 8.42 Å². The predicted octanol–water partition coefficient (Wildman–Crippen LogP) is 4.07. The molecule has 2 aromatic carbocycles. The van der Waals surface area contributed by atoms with Crippen LogP contribution in [0.2, 0.25) is 0 Å². The molecule has 25 heavy (non-hydrogen) atoms. The first-order chi connectivity index (χ1) is 11.6. The number of unbranched alkanes of at least 4 members (excludes halogenated alkanes) is 5. The van der Waals surface area contributed by atoms with Crippen molar-refractivity contribution >= 4 is 57.2 Å². The quantitative estimate of drug-likeness (QED) is 0.377. The monoisotopic (exact) mass is 374 g/mol. The van der Waals surface area contributed by atoms with Gasteiger partial charge < -0.3 is 4.79 Å². The van der Waals surface area contributed by atoms with E-state index in [0.717, 1.165) is 24.6 Å². The van der Waals surface area contributed by atoms with Crippen LogP contribution >= 0.6 is 0 Å². The molecule has 0 aromatic heterocycles. The van der Waals surface area contributed by atoms with E-state index in [9.17, 15) is 8.42 Å². The van der Waals surface area contributed by atoms with Gasteiger partial charge in [-0.1, -0.05) is 75.4 Å². The first-order valence-corrected chi connectivity index (χ1v) is 9.72. The van der Waals surface area contributed by atoms with Gasteiger partial charge in [0, 0.05) is 5.39 Å². The van der Waals surface area contributed by atoms with Crippen molar-refractivity contribution in [1.82, 2.24) is 0 Å². The predicted molar refractivity (Wildman–Crippen MR) is 105 cm³/mol. The average Bonchev–Trinajstić information content (AvgIpc) is 2.62. The number of hydrogen-bond acceptors (Lipinski definition) is 4. The van der Waals surface area contributed by atoms with Crippen molar-refractivity contribution in [3.8, 4) is 0 Å². The van der Waals surface area contributed by atoms with Crippen molar-refractivity contribution in [2.24, 2.45) is 0 Å². The van der Waals surface area contributed by atoms with Crippen LogP contribution in [-0.2, 0) is 19.1 Å². The molecule has 0 N–H and O–H groups in total. The molecule has 0 heterocycles. The molecule has 0 unspecified atom stereocenters. The van der Waals surface area contributed by atoms with Gasteiger partial charge in [-0.15, -0.1) is 0 Å². The summed E-state index contributed by atoms with van der Waals surface area (Å²) in [5.74, 6) is 0. The Morgan fingerprint density at radius 2 is 1.48 bits per heavy atom. The van der Waals surface area contributed by atoms with E-state index in [1.54, 1.807) is 12.1 Å². The van der Waals surface area contributed by atoms with Crippen LogP contribution in [0, 0.1) is 0 Å². The molecule has 0 atom stereocenters. The van der Waals surface area contributed by atoms with Crippen LogP contribution in [0.5, 0.6) is 0 Å². The van der Waals surface area contributed by atoms with Crippen LogP contribution in [0.1, 0.15) is 45.4 Å². The summed E-state index contributed by atoms with van der Waals surface area (Å²) in [4.78, 5) is 8.26. The third-order valence-electron chi connectivity index (χ3n) is 3.76. The molecule has 0 fully saturated rings. The molecule has 0 aliphatic carbocycles. The Balaban J connectivity index is 0.00000185. The molecule has 0 amide bonds. The molecule has 6 heteroatoms. The first kappa shape index (κ1) is 24.3. The number of hydrogen-bond donors (Lipinski definition) is 0. The summed E-state index contributed by atoms with van der Waals surface area (Å²) in [7, 11) is -3.68. The van der Waals surface area contributed by atoms with Crippen LogP contribution < -0.4 is 0 Å². The molecule has 0 radical (unpaired) electrons. The van der Waals surface area contributed by atoms with E-state index in [1.807, 2.05) is 37.1 Å². The van der Waals surface area contributed by atoms with E-state index in [1.165, 1.54) is 19.3 Å². The molecule has 0 spiro atoms. The standard InChI is InChI=1S/C18H24O3S.CH2O.Na.H/c1-2-3-4-5-6-9-15-21-22(19,20)18-14-10-12-16-11-7-8-13-17(16)18;1-2;;/h7-8,10-14H,2-6,9,15H2,1H3;1H2;;. The zero-order valence-electron chi connectivity index (χ0n) is 14.2. The molecule has 0 bridgehead atoms. The molecule has 0 saturated heterocycles. The number of carbonyl (C=O) groups is 1. The zero-order chi connectivity index (χ0) is 17.8. The number of carbonyl (C=O) groups excluding carboxylic acids is 1. The van der Waals surface area contributed by atoms with Gasteiger partial charge in [-0.25, -0.2) is 0 Å². The van der Waals surface area contributed by atoms with Crippen molar-refractivity contribution in [2.75, 3.05) is 6.61 Å². The fourth-order valence-electron chi connectivity index (χ4n) is 2.53. The van der Waals surface area contributed by atoms with Crippen LogP contribution in [0.25, 0.3) is 10.8 Å². The topological polar surface area (TPSA) is 60.4 Å². The number of rotatable bonds is 9. The van der Waals surface area contributed by atoms with Crippen molar-refractivity contribution in [2.45, 2.75) is 50.3 Å². The second-order valence-electron chi connectivity index (χ2n) is 5.52. The Bertz CT molecular complexity index is 711. The molecular formula is C19H27NaO4S. The van der Waals surface area contributed by atoms with Gasteiger partial charge in [0.2, 0.25) is 0 Å². The fourth-order valence-corrected chi connectivity index (χ4v) is 3.69. The molecule has 0 aliphatic heterocycles. The van der Waals surface area contributed by atoms with Gasteiger partial charge in [0.25, 0.3) is 10.1 Å². The van der Waals surface area contributed by atoms with Crippen molar-refractivity contribution in [3.05, 3.63) is 42.5 Å². The van der Waals surface area contributed by atoms with E-state index >= 15 is 0 Å². The number of fused-ring (bicyclic) bond motifs is 1. The van der Waals surface area contributed by atoms with E-state index < -0.39 is 10.1 Å². The second-order valence-corrected chi connectivity index (χ2v) is 7.10. The molecule has 2 aromatic rings. The van der Waals surface area contributed by atoms with E-state index in [-0.39, 0.29) is 41.1 Å². The summed E-state index contributed by atoms with van der Waals surface area (Å²) in [6, 6.07) is 12.7.